The molecule has 1 atom stereocenters. The number of nitrogens with one attached hydrogen (secondary N) is 1. The van der Waals surface area contributed by atoms with Gasteiger partial charge in [0.25, 0.3) is 0 Å². The Morgan fingerprint density at radius 1 is 0.789 bits per heavy atom. The van der Waals surface area contributed by atoms with Crippen LogP contribution in [0.4, 0.5) is 0 Å². The average Bonchev–Trinajstić information content (AvgIpc) is 3.55. The molecule has 38 heavy (non-hydrogen) atoms. The Morgan fingerprint density at radius 2 is 1.16 bits per heavy atom. The molecule has 1 aliphatic rings. The molecule has 6 nitrogen and oxygen atoms in total. The Hall–Kier alpha value is -2.88. The molecule has 0 spiro atoms. The molecule has 4 rings (SSSR count). The molecule has 1 amide bonds. The first-order chi connectivity index (χ1) is 18.1. The fraction of sp³-hybridized carbons (Fsp3) is 0.138. The molecular formula is C29H30N2O4PReS-2. The topological polar surface area (TPSA) is 94.8 Å². The van der Waals surface area contributed by atoms with E-state index < -0.39 is 19.9 Å². The van der Waals surface area contributed by atoms with Crippen molar-refractivity contribution in [2.45, 2.75) is 13.0 Å². The Labute approximate surface area is 245 Å². The van der Waals surface area contributed by atoms with Crippen molar-refractivity contribution < 1.29 is 34.7 Å². The van der Waals surface area contributed by atoms with E-state index >= 15 is 0 Å². The van der Waals surface area contributed by atoms with Crippen LogP contribution in [-0.2, 0) is 47.4 Å². The molecule has 0 heterocycles. The fourth-order valence-electron chi connectivity index (χ4n) is 3.06. The molecule has 0 aliphatic heterocycles. The van der Waals surface area contributed by atoms with Crippen molar-refractivity contribution >= 4 is 48.3 Å². The monoisotopic (exact) mass is 720 g/mol. The second-order valence-corrected chi connectivity index (χ2v) is 9.80. The van der Waals surface area contributed by atoms with Gasteiger partial charge in [-0.3, -0.25) is 4.79 Å². The second kappa shape index (κ2) is 22.1. The predicted molar refractivity (Wildman–Crippen MR) is 156 cm³/mol. The Balaban J connectivity index is 0.000000612. The summed E-state index contributed by atoms with van der Waals surface area (Å²) in [6.45, 7) is 1.32. The molecule has 200 valence electrons. The number of methoxy groups -OCH3 is 1. The molecule has 2 radical (unpaired) electrons. The van der Waals surface area contributed by atoms with Gasteiger partial charge < -0.3 is 33.2 Å². The summed E-state index contributed by atoms with van der Waals surface area (Å²) in [6.07, 6.45) is 10.0. The third-order valence-electron chi connectivity index (χ3n) is 4.63. The van der Waals surface area contributed by atoms with Gasteiger partial charge >= 0.3 is 5.97 Å². The van der Waals surface area contributed by atoms with Gasteiger partial charge in [-0.2, -0.15) is 0 Å². The zero-order valence-electron chi connectivity index (χ0n) is 21.1. The number of benzene rings is 3. The van der Waals surface area contributed by atoms with Crippen LogP contribution in [0.15, 0.2) is 115 Å². The van der Waals surface area contributed by atoms with Gasteiger partial charge in [0.15, 0.2) is 0 Å². The van der Waals surface area contributed by atoms with Crippen LogP contribution in [0.2, 0.25) is 0 Å². The van der Waals surface area contributed by atoms with Gasteiger partial charge in [-0.15, -0.1) is 5.75 Å². The zero-order valence-corrected chi connectivity index (χ0v) is 25.6. The van der Waals surface area contributed by atoms with Crippen LogP contribution in [0.25, 0.3) is 5.59 Å². The van der Waals surface area contributed by atoms with E-state index in [2.05, 4.69) is 114 Å². The van der Waals surface area contributed by atoms with E-state index in [0.29, 0.717) is 0 Å². The van der Waals surface area contributed by atoms with Crippen LogP contribution in [0, 0.1) is 11.3 Å². The molecule has 0 bridgehead atoms. The van der Waals surface area contributed by atoms with E-state index in [1.807, 2.05) is 30.7 Å². The van der Waals surface area contributed by atoms with Crippen molar-refractivity contribution in [3.63, 3.8) is 0 Å². The van der Waals surface area contributed by atoms with E-state index in [1.165, 1.54) is 29.9 Å². The normalized spacial score (nSPS) is 11.2. The van der Waals surface area contributed by atoms with E-state index in [0.717, 1.165) is 0 Å². The minimum atomic E-state index is -0.688. The first-order valence-electron chi connectivity index (χ1n) is 11.3. The molecule has 0 aromatic heterocycles. The third kappa shape index (κ3) is 13.6. The van der Waals surface area contributed by atoms with Gasteiger partial charge in [-0.1, -0.05) is 115 Å². The van der Waals surface area contributed by atoms with Crippen LogP contribution in [-0.4, -0.2) is 30.8 Å². The van der Waals surface area contributed by atoms with Crippen molar-refractivity contribution in [3.05, 3.63) is 132 Å². The fourth-order valence-corrected chi connectivity index (χ4v) is 5.58. The summed E-state index contributed by atoms with van der Waals surface area (Å²) in [7, 11) is 0.806. The zero-order chi connectivity index (χ0) is 27.3. The van der Waals surface area contributed by atoms with Gasteiger partial charge in [0.2, 0.25) is 5.91 Å². The largest absolute Gasteiger partial charge is 0.790 e. The number of carbonyl (C=O) groups excluding carboxylic acids is 2. The van der Waals surface area contributed by atoms with Gasteiger partial charge in [-0.05, 0) is 23.8 Å². The molecule has 0 fully saturated rings. The molecule has 3 aromatic carbocycles. The van der Waals surface area contributed by atoms with Crippen molar-refractivity contribution in [3.8, 4) is 0 Å². The number of nitroso groups, excluding NO2 is 1. The van der Waals surface area contributed by atoms with Crippen molar-refractivity contribution in [2.75, 3.05) is 12.9 Å². The number of rotatable bonds is 6. The van der Waals surface area contributed by atoms with Crippen LogP contribution < -0.4 is 21.2 Å². The maximum absolute atomic E-state index is 10.8. The van der Waals surface area contributed by atoms with E-state index in [-0.39, 0.29) is 32.1 Å². The van der Waals surface area contributed by atoms with Crippen molar-refractivity contribution in [1.29, 1.82) is 0 Å². The Bertz CT molecular complexity index is 999. The summed E-state index contributed by atoms with van der Waals surface area (Å²) in [5, 5.41) is 6.56. The van der Waals surface area contributed by atoms with Gasteiger partial charge in [0.1, 0.15) is 6.04 Å². The summed E-state index contributed by atoms with van der Waals surface area (Å²) < 4.78 is 4.38. The number of ether oxygens (including phenoxy) is 1. The summed E-state index contributed by atoms with van der Waals surface area (Å²) in [6, 6.07) is 31.6. The van der Waals surface area contributed by atoms with Crippen LogP contribution in [0.3, 0.4) is 0 Å². The first-order valence-corrected chi connectivity index (χ1v) is 13.2. The molecule has 0 saturated heterocycles. The molecule has 1 aliphatic carbocycles. The van der Waals surface area contributed by atoms with Gasteiger partial charge in [0, 0.05) is 33.8 Å². The Kier molecular flexibility index (Phi) is 20.5. The van der Waals surface area contributed by atoms with Crippen LogP contribution in [0.1, 0.15) is 6.92 Å². The van der Waals surface area contributed by atoms with E-state index in [4.69, 9.17) is 10.5 Å². The molecule has 9 heteroatoms. The average molecular weight is 720 g/mol. The first kappa shape index (κ1) is 35.1. The number of esters is 1. The number of carbonyl (C=O) groups is 2. The number of amides is 1. The van der Waals surface area contributed by atoms with Gasteiger partial charge in [0.05, 0.1) is 7.11 Å². The SMILES string of the molecule is COC(=O)[C@H](C[S-])NC(C)=O.[CH]1C=CC=C1.[N-]=O.[Re].c1ccc(P(c2ccccc2)c2ccccc2)cc1. The molecule has 1 N–H and O–H groups in total. The van der Waals surface area contributed by atoms with Crippen LogP contribution in [0.5, 0.6) is 0 Å². The van der Waals surface area contributed by atoms with Crippen molar-refractivity contribution in [2.24, 2.45) is 0 Å². The third-order valence-corrected chi connectivity index (χ3v) is 7.41. The smallest absolute Gasteiger partial charge is 0.326 e. The minimum Gasteiger partial charge on any atom is -0.790 e. The van der Waals surface area contributed by atoms with E-state index in [9.17, 15) is 9.59 Å². The van der Waals surface area contributed by atoms with E-state index in [1.54, 1.807) is 0 Å². The maximum Gasteiger partial charge on any atom is 0.326 e. The molecular weight excluding hydrogens is 690 g/mol. The summed E-state index contributed by atoms with van der Waals surface area (Å²) in [5.41, 5.74) is 5.75. The second-order valence-electron chi connectivity index (χ2n) is 7.25. The quantitative estimate of drug-likeness (QED) is 0.233. The van der Waals surface area contributed by atoms with Crippen molar-refractivity contribution in [1.82, 2.24) is 5.32 Å². The summed E-state index contributed by atoms with van der Waals surface area (Å²) in [5.74, 6) is -0.660. The number of hydrogen-bond acceptors (Lipinski definition) is 5. The molecule has 0 unspecified atom stereocenters. The number of nitrogens with zero attached hydrogens (tertiary/aromatic N) is 1. The molecule has 0 saturated carbocycles. The van der Waals surface area contributed by atoms with Crippen LogP contribution >= 0.6 is 7.92 Å². The molecule has 3 aromatic rings. The summed E-state index contributed by atoms with van der Waals surface area (Å²) >= 11 is 4.62. The summed E-state index contributed by atoms with van der Waals surface area (Å²) in [4.78, 5) is 28.5. The Morgan fingerprint density at radius 3 is 1.39 bits per heavy atom. The van der Waals surface area contributed by atoms with Gasteiger partial charge in [-0.25, -0.2) is 4.79 Å². The number of allylic oxidation sites excluding steroid dienone is 4. The predicted octanol–water partition coefficient (Wildman–Crippen LogP) is 4.29. The number of hydrogen-bond donors (Lipinski definition) is 1. The minimum absolute atomic E-state index is 0. The standard InChI is InChI=1S/C18H15P.C6H11NO3S.C5H5.NO.Re/c1-4-10-16(11-5-1)19(17-12-6-2-7-13-17)18-14-8-3-9-15-18;1-4(8)7-5(3-11)6(9)10-2;1-2-4-5-3-1;1-2;/h1-15H;5,11H,3H2,1-2H3,(H,7,8);1-5H;;/q;;;-1;/p-1/t;5-;;;/m.0.../s1. The maximum atomic E-state index is 10.8.